The maximum atomic E-state index is 14.6. The first-order valence-corrected chi connectivity index (χ1v) is 20.0. The van der Waals surface area contributed by atoms with E-state index in [9.17, 15) is 27.6 Å². The molecule has 14 nitrogen and oxygen atoms in total. The van der Waals surface area contributed by atoms with Gasteiger partial charge in [0.05, 0.1) is 27.7 Å². The predicted molar refractivity (Wildman–Crippen MR) is 199 cm³/mol. The number of ether oxygens (including phenoxy) is 2. The van der Waals surface area contributed by atoms with Crippen molar-refractivity contribution in [3.05, 3.63) is 54.4 Å². The number of hydrogen-bond acceptors (Lipinski definition) is 11. The smallest absolute Gasteiger partial charge is 0.408 e. The second kappa shape index (κ2) is 14.0. The van der Waals surface area contributed by atoms with Gasteiger partial charge in [0.1, 0.15) is 35.0 Å². The maximum Gasteiger partial charge on any atom is 0.408 e. The molecule has 3 N–H and O–H groups in total. The number of aromatic nitrogens is 2. The molecule has 3 aliphatic rings. The molecule has 1 aliphatic heterocycles. The molecule has 1 aromatic carbocycles. The van der Waals surface area contributed by atoms with Crippen LogP contribution < -0.4 is 20.1 Å². The van der Waals surface area contributed by atoms with Crippen LogP contribution in [-0.2, 0) is 29.1 Å². The van der Waals surface area contributed by atoms with Crippen molar-refractivity contribution >= 4 is 56.2 Å². The number of fused-ring (bicyclic) bond motifs is 1. The van der Waals surface area contributed by atoms with E-state index >= 15 is 0 Å². The number of likely N-dealkylation sites (tertiary alicyclic amines) is 1. The molecule has 5 atom stereocenters. The Hall–Kier alpha value is -4.57. The van der Waals surface area contributed by atoms with E-state index in [4.69, 9.17) is 19.4 Å². The molecule has 3 fully saturated rings. The zero-order valence-corrected chi connectivity index (χ0v) is 32.3. The van der Waals surface area contributed by atoms with Crippen molar-refractivity contribution < 1.29 is 37.1 Å². The molecule has 0 radical (unpaired) electrons. The molecule has 3 heterocycles. The lowest BCUT2D eigenvalue weighted by Gasteiger charge is -2.36. The topological polar surface area (TPSA) is 186 Å². The molecule has 284 valence electrons. The summed E-state index contributed by atoms with van der Waals surface area (Å²) in [7, 11) is -3.91. The fourth-order valence-electron chi connectivity index (χ4n) is 6.43. The van der Waals surface area contributed by atoms with Crippen molar-refractivity contribution in [1.29, 1.82) is 0 Å². The number of nitrogens with zero attached hydrogens (tertiary/aromatic N) is 3. The highest BCUT2D eigenvalue weighted by atomic mass is 32.2. The molecule has 6 rings (SSSR count). The van der Waals surface area contributed by atoms with Crippen molar-refractivity contribution in [2.75, 3.05) is 6.54 Å². The summed E-state index contributed by atoms with van der Waals surface area (Å²) in [6.07, 6.45) is 0.973. The number of thiophene rings is 1. The minimum Gasteiger partial charge on any atom is -0.471 e. The lowest BCUT2D eigenvalue weighted by Crippen LogP contribution is -2.60. The number of rotatable bonds is 11. The number of carbonyl (C=O) groups is 4. The standard InChI is InChI=1S/C37H46N6O8S2/c1-8-21-19-37(21,33(46)42-53(48,49)23-15-16-23)41-30(44)26-18-22(20-43(26)32(45)29(35(2,3)4)40-34(47)51-36(5,6)7)50-31-28(27-14-11-17-52-27)38-24-12-9-10-13-25(24)39-31/h8-14,17,21-23,26,29H,1,15-16,18-20H2,2-7H3,(H,40,47)(H,41,44)(H,42,46)/t21-,22-,26+,29-,37-/m1/s1. The van der Waals surface area contributed by atoms with Crippen LogP contribution in [0.15, 0.2) is 54.4 Å². The number of nitrogens with one attached hydrogen (secondary N) is 3. The third-order valence-corrected chi connectivity index (χ3v) is 12.1. The van der Waals surface area contributed by atoms with Gasteiger partial charge in [-0.15, -0.1) is 17.9 Å². The van der Waals surface area contributed by atoms with Gasteiger partial charge in [0.25, 0.3) is 5.91 Å². The zero-order valence-electron chi connectivity index (χ0n) is 30.7. The van der Waals surface area contributed by atoms with Crippen LogP contribution in [0.3, 0.4) is 0 Å². The summed E-state index contributed by atoms with van der Waals surface area (Å²) in [5.74, 6) is -2.41. The van der Waals surface area contributed by atoms with Gasteiger partial charge in [-0.3, -0.25) is 19.1 Å². The van der Waals surface area contributed by atoms with Crippen LogP contribution in [0.5, 0.6) is 5.88 Å². The van der Waals surface area contributed by atoms with Crippen LogP contribution in [0.2, 0.25) is 0 Å². The highest BCUT2D eigenvalue weighted by molar-refractivity contribution is 7.91. The molecule has 16 heteroatoms. The molecule has 2 aromatic heterocycles. The molecule has 1 saturated heterocycles. The number of benzene rings is 1. The van der Waals surface area contributed by atoms with Crippen LogP contribution in [0.1, 0.15) is 67.2 Å². The molecule has 0 spiro atoms. The largest absolute Gasteiger partial charge is 0.471 e. The molecule has 2 aliphatic carbocycles. The molecule has 0 unspecified atom stereocenters. The number of para-hydroxylation sites is 2. The average molecular weight is 767 g/mol. The van der Waals surface area contributed by atoms with Crippen LogP contribution in [0, 0.1) is 11.3 Å². The van der Waals surface area contributed by atoms with E-state index in [0.717, 1.165) is 4.88 Å². The summed E-state index contributed by atoms with van der Waals surface area (Å²) in [5.41, 5.74) is -1.47. The van der Waals surface area contributed by atoms with E-state index in [1.54, 1.807) is 41.5 Å². The minimum absolute atomic E-state index is 0.00388. The van der Waals surface area contributed by atoms with E-state index < -0.39 is 79.7 Å². The van der Waals surface area contributed by atoms with Crippen molar-refractivity contribution in [3.63, 3.8) is 0 Å². The monoisotopic (exact) mass is 766 g/mol. The fraction of sp³-hybridized carbons (Fsp3) is 0.514. The lowest BCUT2D eigenvalue weighted by atomic mass is 9.85. The molecule has 0 bridgehead atoms. The Kier molecular flexibility index (Phi) is 10.1. The number of sulfonamides is 1. The van der Waals surface area contributed by atoms with Gasteiger partial charge in [-0.05, 0) is 69.0 Å². The van der Waals surface area contributed by atoms with E-state index in [0.29, 0.717) is 29.6 Å². The molecule has 53 heavy (non-hydrogen) atoms. The second-order valence-corrected chi connectivity index (χ2v) is 18.9. The van der Waals surface area contributed by atoms with Crippen LogP contribution >= 0.6 is 11.3 Å². The number of carbonyl (C=O) groups excluding carboxylic acids is 4. The normalized spacial score (nSPS) is 23.5. The first-order chi connectivity index (χ1) is 24.8. The Morgan fingerprint density at radius 3 is 2.28 bits per heavy atom. The predicted octanol–water partition coefficient (Wildman–Crippen LogP) is 4.32. The molecular formula is C37H46N6O8S2. The van der Waals surface area contributed by atoms with Crippen molar-refractivity contribution in [2.45, 2.75) is 102 Å². The minimum atomic E-state index is -3.91. The first kappa shape index (κ1) is 38.2. The molecule has 3 aromatic rings. The van der Waals surface area contributed by atoms with Gasteiger partial charge < -0.3 is 25.0 Å². The highest BCUT2D eigenvalue weighted by Crippen LogP contribution is 2.46. The van der Waals surface area contributed by atoms with Gasteiger partial charge >= 0.3 is 6.09 Å². The van der Waals surface area contributed by atoms with E-state index in [2.05, 4.69) is 21.9 Å². The second-order valence-electron chi connectivity index (χ2n) is 16.0. The quantitative estimate of drug-likeness (QED) is 0.238. The summed E-state index contributed by atoms with van der Waals surface area (Å²) < 4.78 is 39.6. The summed E-state index contributed by atoms with van der Waals surface area (Å²) in [6.45, 7) is 14.2. The first-order valence-electron chi connectivity index (χ1n) is 17.6. The van der Waals surface area contributed by atoms with Gasteiger partial charge in [-0.1, -0.05) is 45.0 Å². The molecular weight excluding hydrogens is 721 g/mol. The summed E-state index contributed by atoms with van der Waals surface area (Å²) >= 11 is 1.46. The Morgan fingerprint density at radius 1 is 1.04 bits per heavy atom. The van der Waals surface area contributed by atoms with Crippen molar-refractivity contribution in [3.8, 4) is 16.5 Å². The Bertz CT molecular complexity index is 2040. The third-order valence-electron chi connectivity index (χ3n) is 9.44. The lowest BCUT2D eigenvalue weighted by molar-refractivity contribution is -0.143. The van der Waals surface area contributed by atoms with Crippen LogP contribution in [0.25, 0.3) is 21.6 Å². The number of amides is 4. The summed E-state index contributed by atoms with van der Waals surface area (Å²) in [6, 6.07) is 8.84. The average Bonchev–Trinajstić information content (AvgIpc) is 3.94. The SMILES string of the molecule is C=C[C@@H]1C[C@]1(NC(=O)[C@@H]1C[C@@H](Oc2nc3ccccc3nc2-c2cccs2)CN1C(=O)[C@@H](NC(=O)OC(C)(C)C)C(C)(C)C)C(=O)NS(=O)(=O)C1CC1. The third kappa shape index (κ3) is 8.33. The Morgan fingerprint density at radius 2 is 1.72 bits per heavy atom. The van der Waals surface area contributed by atoms with Gasteiger partial charge in [-0.2, -0.15) is 0 Å². The van der Waals surface area contributed by atoms with E-state index in [1.807, 2.05) is 41.8 Å². The number of hydrogen-bond donors (Lipinski definition) is 3. The van der Waals surface area contributed by atoms with Crippen LogP contribution in [-0.4, -0.2) is 88.2 Å². The fourth-order valence-corrected chi connectivity index (χ4v) is 8.50. The zero-order chi connectivity index (χ0) is 38.5. The highest BCUT2D eigenvalue weighted by Gasteiger charge is 2.62. The van der Waals surface area contributed by atoms with Gasteiger partial charge in [0.15, 0.2) is 0 Å². The molecule has 4 amide bonds. The Balaban J connectivity index is 1.32. The van der Waals surface area contributed by atoms with Crippen LogP contribution in [0.4, 0.5) is 4.79 Å². The molecule has 2 saturated carbocycles. The van der Waals surface area contributed by atoms with Gasteiger partial charge in [-0.25, -0.2) is 23.2 Å². The number of alkyl carbamates (subject to hydrolysis) is 1. The van der Waals surface area contributed by atoms with Crippen molar-refractivity contribution in [1.82, 2.24) is 30.2 Å². The summed E-state index contributed by atoms with van der Waals surface area (Å²) in [5, 5.41) is 6.77. The van der Waals surface area contributed by atoms with Crippen molar-refractivity contribution in [2.24, 2.45) is 11.3 Å². The van der Waals surface area contributed by atoms with E-state index in [-0.39, 0.29) is 25.3 Å². The van der Waals surface area contributed by atoms with Gasteiger partial charge in [0.2, 0.25) is 27.7 Å². The maximum absolute atomic E-state index is 14.6. The van der Waals surface area contributed by atoms with Gasteiger partial charge in [0, 0.05) is 12.3 Å². The van der Waals surface area contributed by atoms with E-state index in [1.165, 1.54) is 22.3 Å². The Labute approximate surface area is 313 Å². The summed E-state index contributed by atoms with van der Waals surface area (Å²) in [4.78, 5) is 67.2.